The fourth-order valence-electron chi connectivity index (χ4n) is 11.0. The number of aliphatic hydroxyl groups is 4. The Morgan fingerprint density at radius 1 is 0.432 bits per heavy atom. The second kappa shape index (κ2) is 53.2. The molecule has 4 fully saturated rings. The predicted molar refractivity (Wildman–Crippen MR) is 437 cm³/mol. The number of aromatic nitrogens is 2. The molecule has 0 atom stereocenters. The van der Waals surface area contributed by atoms with E-state index in [1.165, 1.54) is 118 Å². The molecule has 8 N–H and O–H groups in total. The van der Waals surface area contributed by atoms with E-state index in [0.29, 0.717) is 47.7 Å². The molecule has 1 saturated carbocycles. The van der Waals surface area contributed by atoms with Crippen molar-refractivity contribution in [1.29, 1.82) is 0 Å². The van der Waals surface area contributed by atoms with Gasteiger partial charge < -0.3 is 60.5 Å². The number of rotatable bonds is 36. The number of halogens is 14. The highest BCUT2D eigenvalue weighted by Gasteiger charge is 2.38. The zero-order valence-electron chi connectivity index (χ0n) is 68.8. The number of benzene rings is 6. The molecule has 6 aromatic carbocycles. The van der Waals surface area contributed by atoms with Gasteiger partial charge in [-0.1, -0.05) is 87.1 Å². The summed E-state index contributed by atoms with van der Waals surface area (Å²) in [6, 6.07) is 36.1. The first-order valence-electron chi connectivity index (χ1n) is 39.2. The zero-order valence-corrected chi connectivity index (χ0v) is 69.6. The Morgan fingerprint density at radius 3 is 1.10 bits per heavy atom. The number of non-ortho nitro benzene ring substituents is 3. The van der Waals surface area contributed by atoms with Gasteiger partial charge in [0.1, 0.15) is 67.6 Å². The van der Waals surface area contributed by atoms with Crippen LogP contribution < -0.4 is 40.1 Å². The Hall–Kier alpha value is -10.4. The SMILES string of the molecule is C1CCCC1.CCC(F)(F)COc1cccc([N+](=O)[O-])c1.CNc1ccnc(Nc2cccc(OCC(F)(F)CN3CCCC3)c2)n1.Cc1ccc(S(=O)(=O)OCC(F)(F)CO)cc1.Nc1cccc(OCC(F)(F)CN2CCCC2)c1.O=[N+]([O-])c1cccc(OCC(F)(F)CN2CCCC2)c1.O=[N+]([O-])c1cccc(OCC(F)(F)CO)c1.OCC(F)(F)CO. The predicted octanol–water partition coefficient (Wildman–Crippen LogP) is 16.0. The number of nitrogens with zero attached hydrogens (tertiary/aromatic N) is 8. The van der Waals surface area contributed by atoms with Crippen LogP contribution in [0.15, 0.2) is 163 Å². The van der Waals surface area contributed by atoms with Gasteiger partial charge in [0.15, 0.2) is 33.0 Å². The number of nitro benzene ring substituents is 3. The average Bonchev–Trinajstić information content (AvgIpc) is 1.77. The van der Waals surface area contributed by atoms with Crippen LogP contribution in [0.2, 0.25) is 0 Å². The van der Waals surface area contributed by atoms with E-state index in [1.54, 1.807) is 89.5 Å². The van der Waals surface area contributed by atoms with Crippen molar-refractivity contribution < 1.29 is 133 Å². The molecule has 0 bridgehead atoms. The molecule has 4 aliphatic rings. The van der Waals surface area contributed by atoms with Gasteiger partial charge >= 0.3 is 5.92 Å². The van der Waals surface area contributed by atoms with E-state index < -0.39 is 132 Å². The molecule has 3 aliphatic heterocycles. The molecule has 3 saturated heterocycles. The van der Waals surface area contributed by atoms with Crippen molar-refractivity contribution in [1.82, 2.24) is 24.7 Å². The summed E-state index contributed by atoms with van der Waals surface area (Å²) in [6.07, 6.45) is 14.7. The third kappa shape index (κ3) is 45.4. The van der Waals surface area contributed by atoms with Crippen LogP contribution in [0, 0.1) is 37.3 Å². The molecular formula is C81H105F14N11O18S. The standard InChI is InChI=1S/C18H23F2N5O.C13H16F2N2O3.C13H18F2N2O.C10H11F2NO3.C10H12F2O4S.C9H9F2NO4.C5H10.C3H6F2O2/c1-21-16-7-8-22-17(24-16)23-14-5-4-6-15(11-14)26-13-18(19,20)12-25-9-2-3-10-25;14-13(15,9-16-6-1-2-7-16)10-20-12-5-3-4-11(8-12)17(18)19;14-13(15,9-17-6-1-2-7-17)10-18-12-5-3-4-11(16)8-12;1-2-10(11,12)7-16-9-5-3-4-8(6-9)13(14)15;1-8-2-4-9(5-3-8)17(14,15)16-7-10(11,12)6-13;10-9(11,5-13)6-16-8-3-1-2-7(4-8)12(14)15;1-2-4-5-3-1;4-3(5,1-6)2-7/h4-8,11H,2-3,9-10,12-13H2,1H3,(H2,21,22,23,24);3-5,8H,1-2,6-7,9-10H2;3-5,8H,1-2,6-7,9-10,16H2;3-6H,2,7H2,1H3;2-5,13H,6-7H2,1H3;1-4,13H,5-6H2;1-5H2;6-7H,1-2H2. The van der Waals surface area contributed by atoms with Crippen molar-refractivity contribution in [3.8, 4) is 28.7 Å². The number of hydrogen-bond acceptors (Lipinski definition) is 26. The van der Waals surface area contributed by atoms with Crippen molar-refractivity contribution in [2.75, 3.05) is 148 Å². The maximum absolute atomic E-state index is 14.1. The number of aliphatic hydroxyl groups excluding tert-OH is 4. The summed E-state index contributed by atoms with van der Waals surface area (Å²) < 4.78 is 234. The Bertz CT molecular complexity index is 4350. The Morgan fingerprint density at radius 2 is 0.760 bits per heavy atom. The normalized spacial score (nSPS) is 14.4. The maximum Gasteiger partial charge on any atom is 0.303 e. The Labute approximate surface area is 713 Å². The van der Waals surface area contributed by atoms with Gasteiger partial charge in [-0.05, 0) is 145 Å². The highest BCUT2D eigenvalue weighted by atomic mass is 32.2. The average molecular weight is 1820 g/mol. The number of aryl methyl sites for hydroxylation is 1. The van der Waals surface area contributed by atoms with Crippen LogP contribution in [0.1, 0.15) is 89.5 Å². The van der Waals surface area contributed by atoms with Gasteiger partial charge in [0.05, 0.1) is 57.5 Å². The highest BCUT2D eigenvalue weighted by Crippen LogP contribution is 2.31. The van der Waals surface area contributed by atoms with Gasteiger partial charge in [-0.2, -0.15) is 13.4 Å². The molecule has 696 valence electrons. The van der Waals surface area contributed by atoms with Crippen molar-refractivity contribution in [2.45, 2.75) is 137 Å². The Kier molecular flexibility index (Phi) is 45.5. The number of nitrogens with two attached hydrogens (primary N) is 1. The summed E-state index contributed by atoms with van der Waals surface area (Å²) in [5.41, 5.74) is 6.96. The molecule has 0 amide bonds. The third-order valence-corrected chi connectivity index (χ3v) is 18.9. The number of alkyl halides is 14. The third-order valence-electron chi connectivity index (χ3n) is 17.6. The smallest absolute Gasteiger partial charge is 0.303 e. The van der Waals surface area contributed by atoms with E-state index >= 15 is 0 Å². The fraction of sp³-hybridized carbons (Fsp3) is 0.506. The number of nitro groups is 3. The van der Waals surface area contributed by atoms with E-state index in [2.05, 4.69) is 29.5 Å². The van der Waals surface area contributed by atoms with E-state index in [4.69, 9.17) is 45.1 Å². The second-order valence-electron chi connectivity index (χ2n) is 28.7. The topological polar surface area (TPSA) is 385 Å². The number of nitrogen functional groups attached to an aromatic ring is 1. The molecule has 125 heavy (non-hydrogen) atoms. The summed E-state index contributed by atoms with van der Waals surface area (Å²) in [6.45, 7) is -3.90. The van der Waals surface area contributed by atoms with Crippen molar-refractivity contribution in [3.63, 3.8) is 0 Å². The first kappa shape index (κ1) is 107. The quantitative estimate of drug-likeness (QED) is 0.00630. The molecule has 1 aromatic heterocycles. The lowest BCUT2D eigenvalue weighted by Crippen LogP contribution is -2.39. The summed E-state index contributed by atoms with van der Waals surface area (Å²) in [5.74, 6) is -19.8. The van der Waals surface area contributed by atoms with Crippen molar-refractivity contribution in [3.05, 3.63) is 194 Å². The molecule has 4 heterocycles. The van der Waals surface area contributed by atoms with E-state index in [0.717, 1.165) is 88.5 Å². The molecule has 29 nitrogen and oxygen atoms in total. The van der Waals surface area contributed by atoms with Crippen molar-refractivity contribution >= 4 is 50.3 Å². The van der Waals surface area contributed by atoms with Gasteiger partial charge in [0.2, 0.25) is 5.95 Å². The number of likely N-dealkylation sites (tertiary alicyclic amines) is 3. The van der Waals surface area contributed by atoms with Crippen LogP contribution in [0.4, 0.5) is 102 Å². The summed E-state index contributed by atoms with van der Waals surface area (Å²) in [7, 11) is -2.44. The molecule has 7 aromatic rings. The minimum atomic E-state index is -4.21. The monoisotopic (exact) mass is 1820 g/mol. The maximum atomic E-state index is 14.1. The van der Waals surface area contributed by atoms with Gasteiger partial charge in [0.25, 0.3) is 62.7 Å². The number of anilines is 4. The molecule has 11 rings (SSSR count). The zero-order chi connectivity index (χ0) is 92.9. The lowest BCUT2D eigenvalue weighted by molar-refractivity contribution is -0.385. The van der Waals surface area contributed by atoms with E-state index in [9.17, 15) is 100 Å². The van der Waals surface area contributed by atoms with Gasteiger partial charge in [-0.3, -0.25) is 49.2 Å². The van der Waals surface area contributed by atoms with E-state index in [-0.39, 0.29) is 65.3 Å². The second-order valence-corrected chi connectivity index (χ2v) is 30.3. The first-order chi connectivity index (χ1) is 58.8. The molecule has 1 aliphatic carbocycles. The Balaban J connectivity index is 0.000000308. The minimum Gasteiger partial charge on any atom is -0.487 e. The molecule has 0 spiro atoms. The van der Waals surface area contributed by atoms with Crippen LogP contribution in [-0.2, 0) is 14.3 Å². The molecular weight excluding hydrogens is 1710 g/mol. The fourth-order valence-corrected chi connectivity index (χ4v) is 11.9. The largest absolute Gasteiger partial charge is 0.487 e. The molecule has 44 heteroatoms. The number of ether oxygens (including phenoxy) is 5. The number of nitrogens with one attached hydrogen (secondary N) is 2. The van der Waals surface area contributed by atoms with Crippen molar-refractivity contribution in [2.24, 2.45) is 0 Å². The highest BCUT2D eigenvalue weighted by molar-refractivity contribution is 7.86. The lowest BCUT2D eigenvalue weighted by atomic mass is 10.2. The van der Waals surface area contributed by atoms with Crippen LogP contribution in [0.25, 0.3) is 0 Å². The van der Waals surface area contributed by atoms with Crippen LogP contribution in [0.3, 0.4) is 0 Å². The minimum absolute atomic E-state index is 0.0395. The summed E-state index contributed by atoms with van der Waals surface area (Å²) in [4.78, 5) is 43.0. The first-order valence-corrected chi connectivity index (χ1v) is 40.6. The van der Waals surface area contributed by atoms with Crippen LogP contribution in [0.5, 0.6) is 28.7 Å². The van der Waals surface area contributed by atoms with Crippen LogP contribution >= 0.6 is 0 Å². The molecule has 0 unspecified atom stereocenters. The van der Waals surface area contributed by atoms with Gasteiger partial charge in [-0.15, -0.1) is 0 Å². The summed E-state index contributed by atoms with van der Waals surface area (Å²) >= 11 is 0. The molecule has 0 radical (unpaired) electrons. The summed E-state index contributed by atoms with van der Waals surface area (Å²) in [5, 5.41) is 69.2. The number of hydrogen-bond donors (Lipinski definition) is 7. The van der Waals surface area contributed by atoms with Gasteiger partial charge in [-0.25, -0.2) is 66.4 Å². The van der Waals surface area contributed by atoms with Gasteiger partial charge in [0, 0.05) is 61.4 Å². The lowest BCUT2D eigenvalue weighted by Gasteiger charge is -2.23. The van der Waals surface area contributed by atoms with Crippen LogP contribution in [-0.4, -0.2) is 242 Å². The van der Waals surface area contributed by atoms with E-state index in [1.807, 2.05) is 0 Å².